The van der Waals surface area contributed by atoms with Crippen molar-refractivity contribution in [3.8, 4) is 0 Å². The second-order valence-corrected chi connectivity index (χ2v) is 5.03. The summed E-state index contributed by atoms with van der Waals surface area (Å²) >= 11 is 6.46. The molecule has 1 aromatic heterocycles. The Labute approximate surface area is 120 Å². The summed E-state index contributed by atoms with van der Waals surface area (Å²) in [7, 11) is 0. The lowest BCUT2D eigenvalue weighted by Crippen LogP contribution is -2.18. The summed E-state index contributed by atoms with van der Waals surface area (Å²) in [6.07, 6.45) is 0.750. The van der Waals surface area contributed by atoms with E-state index in [0.717, 1.165) is 11.9 Å². The second kappa shape index (κ2) is 6.26. The van der Waals surface area contributed by atoms with Gasteiger partial charge in [0.15, 0.2) is 0 Å². The fourth-order valence-corrected chi connectivity index (χ4v) is 2.42. The zero-order valence-corrected chi connectivity index (χ0v) is 11.5. The number of ketones is 1. The molecule has 0 aliphatic carbocycles. The SMILES string of the molecule is O=C(/C(=C\O)C(=S)Nc1ccccc1)c1cccs1. The third-order valence-corrected chi connectivity index (χ3v) is 3.59. The van der Waals surface area contributed by atoms with E-state index in [-0.39, 0.29) is 16.3 Å². The summed E-state index contributed by atoms with van der Waals surface area (Å²) in [4.78, 5) is 12.9. The molecule has 96 valence electrons. The first-order valence-electron chi connectivity index (χ1n) is 5.51. The number of anilines is 1. The zero-order chi connectivity index (χ0) is 13.7. The van der Waals surface area contributed by atoms with E-state index < -0.39 is 0 Å². The first-order chi connectivity index (χ1) is 9.22. The van der Waals surface area contributed by atoms with Crippen molar-refractivity contribution in [2.45, 2.75) is 0 Å². The van der Waals surface area contributed by atoms with E-state index in [1.165, 1.54) is 11.3 Å². The number of thiophene rings is 1. The number of hydrogen-bond donors (Lipinski definition) is 2. The van der Waals surface area contributed by atoms with Crippen LogP contribution >= 0.6 is 23.6 Å². The minimum atomic E-state index is -0.286. The molecule has 2 rings (SSSR count). The fourth-order valence-electron chi connectivity index (χ4n) is 1.48. The molecule has 19 heavy (non-hydrogen) atoms. The average molecular weight is 289 g/mol. The summed E-state index contributed by atoms with van der Waals surface area (Å²) in [5.74, 6) is -0.286. The molecule has 0 aliphatic heterocycles. The predicted octanol–water partition coefficient (Wildman–Crippen LogP) is 3.81. The Balaban J connectivity index is 2.15. The molecule has 5 heteroatoms. The smallest absolute Gasteiger partial charge is 0.209 e. The van der Waals surface area contributed by atoms with E-state index in [2.05, 4.69) is 5.32 Å². The number of hydrogen-bond acceptors (Lipinski definition) is 4. The number of benzene rings is 1. The van der Waals surface area contributed by atoms with Crippen molar-refractivity contribution in [1.82, 2.24) is 0 Å². The van der Waals surface area contributed by atoms with E-state index in [0.29, 0.717) is 4.88 Å². The normalized spacial score (nSPS) is 11.1. The first kappa shape index (κ1) is 13.5. The summed E-state index contributed by atoms with van der Waals surface area (Å²) in [6, 6.07) is 12.7. The van der Waals surface area contributed by atoms with Gasteiger partial charge in [0.1, 0.15) is 4.99 Å². The highest BCUT2D eigenvalue weighted by Crippen LogP contribution is 2.16. The lowest BCUT2D eigenvalue weighted by Gasteiger charge is -2.09. The fraction of sp³-hybridized carbons (Fsp3) is 0. The highest BCUT2D eigenvalue weighted by Gasteiger charge is 2.18. The number of aliphatic hydroxyl groups is 1. The van der Waals surface area contributed by atoms with Crippen LogP contribution in [0, 0.1) is 0 Å². The van der Waals surface area contributed by atoms with Crippen molar-refractivity contribution in [2.24, 2.45) is 0 Å². The minimum Gasteiger partial charge on any atom is -0.515 e. The van der Waals surface area contributed by atoms with Crippen LogP contribution in [-0.4, -0.2) is 15.9 Å². The van der Waals surface area contributed by atoms with Crippen molar-refractivity contribution < 1.29 is 9.90 Å². The van der Waals surface area contributed by atoms with Crippen LogP contribution in [0.2, 0.25) is 0 Å². The maximum absolute atomic E-state index is 12.1. The maximum atomic E-state index is 12.1. The molecule has 0 atom stereocenters. The van der Waals surface area contributed by atoms with Gasteiger partial charge in [-0.1, -0.05) is 36.5 Å². The van der Waals surface area contributed by atoms with Crippen molar-refractivity contribution in [3.63, 3.8) is 0 Å². The molecule has 0 aliphatic rings. The quantitative estimate of drug-likeness (QED) is 0.389. The largest absolute Gasteiger partial charge is 0.515 e. The highest BCUT2D eigenvalue weighted by molar-refractivity contribution is 7.81. The number of rotatable bonds is 4. The van der Waals surface area contributed by atoms with Gasteiger partial charge in [-0.2, -0.15) is 0 Å². The van der Waals surface area contributed by atoms with Crippen LogP contribution in [-0.2, 0) is 0 Å². The Morgan fingerprint density at radius 1 is 1.21 bits per heavy atom. The number of para-hydroxylation sites is 1. The first-order valence-corrected chi connectivity index (χ1v) is 6.80. The molecule has 0 saturated carbocycles. The van der Waals surface area contributed by atoms with Crippen LogP contribution in [0.1, 0.15) is 9.67 Å². The molecule has 1 aromatic carbocycles. The molecule has 0 spiro atoms. The third kappa shape index (κ3) is 3.27. The van der Waals surface area contributed by atoms with Gasteiger partial charge in [-0.3, -0.25) is 4.79 Å². The van der Waals surface area contributed by atoms with Gasteiger partial charge >= 0.3 is 0 Å². The molecule has 0 saturated heterocycles. The number of thiocarbonyl (C=S) groups is 1. The Kier molecular flexibility index (Phi) is 4.43. The molecule has 2 aromatic rings. The van der Waals surface area contributed by atoms with Gasteiger partial charge in [-0.25, -0.2) is 0 Å². The molecule has 0 radical (unpaired) electrons. The zero-order valence-electron chi connectivity index (χ0n) is 9.87. The van der Waals surface area contributed by atoms with Gasteiger partial charge in [-0.15, -0.1) is 11.3 Å². The number of nitrogens with one attached hydrogen (secondary N) is 1. The topological polar surface area (TPSA) is 49.3 Å². The Hall–Kier alpha value is -1.98. The molecule has 0 fully saturated rings. The van der Waals surface area contributed by atoms with E-state index in [4.69, 9.17) is 12.2 Å². The summed E-state index contributed by atoms with van der Waals surface area (Å²) < 4.78 is 0. The predicted molar refractivity (Wildman–Crippen MR) is 82.0 cm³/mol. The van der Waals surface area contributed by atoms with E-state index >= 15 is 0 Å². The Morgan fingerprint density at radius 2 is 1.95 bits per heavy atom. The number of aliphatic hydroxyl groups excluding tert-OH is 1. The molecular formula is C14H11NO2S2. The molecular weight excluding hydrogens is 278 g/mol. The van der Waals surface area contributed by atoms with E-state index in [1.54, 1.807) is 17.5 Å². The Bertz CT molecular complexity index is 604. The average Bonchev–Trinajstić information content (AvgIpc) is 2.94. The van der Waals surface area contributed by atoms with Crippen LogP contribution in [0.4, 0.5) is 5.69 Å². The lowest BCUT2D eigenvalue weighted by molar-refractivity contribution is 0.104. The van der Waals surface area contributed by atoms with E-state index in [9.17, 15) is 9.90 Å². The summed E-state index contributed by atoms with van der Waals surface area (Å²) in [5.41, 5.74) is 0.854. The number of carbonyl (C=O) groups excluding carboxylic acids is 1. The molecule has 2 N–H and O–H groups in total. The van der Waals surface area contributed by atoms with Gasteiger partial charge in [0.05, 0.1) is 16.7 Å². The van der Waals surface area contributed by atoms with Gasteiger partial charge < -0.3 is 10.4 Å². The molecule has 0 bridgehead atoms. The third-order valence-electron chi connectivity index (χ3n) is 2.39. The lowest BCUT2D eigenvalue weighted by atomic mass is 10.1. The van der Waals surface area contributed by atoms with Gasteiger partial charge in [-0.05, 0) is 23.6 Å². The van der Waals surface area contributed by atoms with Crippen molar-refractivity contribution >= 4 is 40.0 Å². The van der Waals surface area contributed by atoms with Crippen LogP contribution in [0.25, 0.3) is 0 Å². The molecule has 1 heterocycles. The van der Waals surface area contributed by atoms with Crippen molar-refractivity contribution in [1.29, 1.82) is 0 Å². The van der Waals surface area contributed by atoms with Crippen LogP contribution in [0.15, 0.2) is 59.7 Å². The molecule has 0 unspecified atom stereocenters. The van der Waals surface area contributed by atoms with Crippen molar-refractivity contribution in [2.75, 3.05) is 5.32 Å². The summed E-state index contributed by atoms with van der Waals surface area (Å²) in [6.45, 7) is 0. The van der Waals surface area contributed by atoms with Gasteiger partial charge in [0.2, 0.25) is 5.78 Å². The summed E-state index contributed by atoms with van der Waals surface area (Å²) in [5, 5.41) is 14.0. The number of carbonyl (C=O) groups is 1. The van der Waals surface area contributed by atoms with Gasteiger partial charge in [0, 0.05) is 5.69 Å². The monoisotopic (exact) mass is 289 g/mol. The van der Waals surface area contributed by atoms with Crippen molar-refractivity contribution in [3.05, 3.63) is 64.6 Å². The van der Waals surface area contributed by atoms with Crippen LogP contribution in [0.3, 0.4) is 0 Å². The van der Waals surface area contributed by atoms with Gasteiger partial charge in [0.25, 0.3) is 0 Å². The van der Waals surface area contributed by atoms with E-state index in [1.807, 2.05) is 30.3 Å². The minimum absolute atomic E-state index is 0.0845. The standard InChI is InChI=1S/C14H11NO2S2/c16-9-11(13(17)12-7-4-8-19-12)14(18)15-10-5-2-1-3-6-10/h1-9,16H,(H,15,18)/b11-9+. The second-order valence-electron chi connectivity index (χ2n) is 3.67. The Morgan fingerprint density at radius 3 is 2.53 bits per heavy atom. The van der Waals surface area contributed by atoms with Crippen LogP contribution < -0.4 is 5.32 Å². The van der Waals surface area contributed by atoms with Crippen LogP contribution in [0.5, 0.6) is 0 Å². The molecule has 0 amide bonds. The maximum Gasteiger partial charge on any atom is 0.209 e. The number of Topliss-reactive ketones (excluding diaryl/α,β-unsaturated/α-hetero) is 1. The highest BCUT2D eigenvalue weighted by atomic mass is 32.1. The molecule has 3 nitrogen and oxygen atoms in total.